The van der Waals surface area contributed by atoms with Gasteiger partial charge < -0.3 is 14.7 Å². The molecule has 0 spiro atoms. The van der Waals surface area contributed by atoms with Crippen LogP contribution >= 0.6 is 0 Å². The molecule has 0 radical (unpaired) electrons. The quantitative estimate of drug-likeness (QED) is 0.783. The average molecular weight is 380 g/mol. The van der Waals surface area contributed by atoms with E-state index in [0.29, 0.717) is 6.04 Å². The lowest BCUT2D eigenvalue weighted by molar-refractivity contribution is 0.270. The summed E-state index contributed by atoms with van der Waals surface area (Å²) in [5.74, 6) is 2.00. The van der Waals surface area contributed by atoms with Crippen LogP contribution in [0.3, 0.4) is 0 Å². The molecule has 4 rings (SSSR count). The molecule has 1 unspecified atom stereocenters. The zero-order valence-electron chi connectivity index (χ0n) is 17.3. The van der Waals surface area contributed by atoms with E-state index in [2.05, 4.69) is 64.9 Å². The van der Waals surface area contributed by atoms with Crippen molar-refractivity contribution in [2.24, 2.45) is 0 Å². The lowest BCUT2D eigenvalue weighted by atomic mass is 10.0. The Bertz CT molecular complexity index is 755. The lowest BCUT2D eigenvalue weighted by Crippen LogP contribution is -2.46. The minimum absolute atomic E-state index is 0.560. The second-order valence-corrected chi connectivity index (χ2v) is 7.95. The van der Waals surface area contributed by atoms with E-state index < -0.39 is 0 Å². The molecule has 5 heteroatoms. The smallest absolute Gasteiger partial charge is 0.228 e. The molecule has 28 heavy (non-hydrogen) atoms. The first-order valence-electron chi connectivity index (χ1n) is 11.0. The van der Waals surface area contributed by atoms with Crippen LogP contribution in [0.2, 0.25) is 0 Å². The Morgan fingerprint density at radius 2 is 1.71 bits per heavy atom. The van der Waals surface area contributed by atoms with Crippen LogP contribution in [0.4, 0.5) is 11.8 Å². The van der Waals surface area contributed by atoms with Gasteiger partial charge in [-0.25, -0.2) is 4.98 Å². The van der Waals surface area contributed by atoms with Crippen LogP contribution in [-0.2, 0) is 0 Å². The van der Waals surface area contributed by atoms with Crippen molar-refractivity contribution in [3.63, 3.8) is 0 Å². The Morgan fingerprint density at radius 3 is 2.43 bits per heavy atom. The fourth-order valence-electron chi connectivity index (χ4n) is 4.45. The number of piperazine rings is 1. The summed E-state index contributed by atoms with van der Waals surface area (Å²) in [7, 11) is 0. The number of aromatic nitrogens is 2. The summed E-state index contributed by atoms with van der Waals surface area (Å²) >= 11 is 0. The van der Waals surface area contributed by atoms with Crippen molar-refractivity contribution in [2.75, 3.05) is 49.1 Å². The monoisotopic (exact) mass is 379 g/mol. The van der Waals surface area contributed by atoms with Crippen LogP contribution < -0.4 is 9.80 Å². The zero-order valence-corrected chi connectivity index (χ0v) is 17.3. The van der Waals surface area contributed by atoms with Gasteiger partial charge in [-0.1, -0.05) is 44.2 Å². The van der Waals surface area contributed by atoms with E-state index >= 15 is 0 Å². The van der Waals surface area contributed by atoms with Crippen LogP contribution in [0.1, 0.15) is 39.5 Å². The highest BCUT2D eigenvalue weighted by Crippen LogP contribution is 2.29. The van der Waals surface area contributed by atoms with Gasteiger partial charge >= 0.3 is 0 Å². The molecule has 3 heterocycles. The largest absolute Gasteiger partial charge is 0.354 e. The maximum absolute atomic E-state index is 5.08. The van der Waals surface area contributed by atoms with Crippen LogP contribution in [-0.4, -0.2) is 60.2 Å². The first-order valence-corrected chi connectivity index (χ1v) is 11.0. The van der Waals surface area contributed by atoms with Crippen LogP contribution in [0.25, 0.3) is 11.3 Å². The summed E-state index contributed by atoms with van der Waals surface area (Å²) in [5, 5.41) is 0. The molecule has 0 bridgehead atoms. The Balaban J connectivity index is 1.69. The normalized spacial score (nSPS) is 21.1. The molecule has 2 aliphatic heterocycles. The second kappa shape index (κ2) is 8.91. The molecule has 2 aromatic rings. The minimum atomic E-state index is 0.560. The standard InChI is InChI=1S/C23H33N5/c1-3-20-12-8-9-13-28(20)23-24-21(19-10-6-5-7-11-19)18-22(25-23)27-16-14-26(4-2)15-17-27/h5-7,10-11,18,20H,3-4,8-9,12-17H2,1-2H3. The van der Waals surface area contributed by atoms with E-state index in [1.165, 1.54) is 24.8 Å². The van der Waals surface area contributed by atoms with E-state index in [0.717, 1.165) is 63.1 Å². The highest BCUT2D eigenvalue weighted by molar-refractivity contribution is 5.65. The Kier molecular flexibility index (Phi) is 6.10. The zero-order chi connectivity index (χ0) is 19.3. The van der Waals surface area contributed by atoms with Gasteiger partial charge in [0.2, 0.25) is 5.95 Å². The Labute approximate surface area is 169 Å². The number of likely N-dealkylation sites (N-methyl/N-ethyl adjacent to an activating group) is 1. The van der Waals surface area contributed by atoms with Gasteiger partial charge in [0.1, 0.15) is 5.82 Å². The molecular weight excluding hydrogens is 346 g/mol. The maximum Gasteiger partial charge on any atom is 0.228 e. The van der Waals surface area contributed by atoms with E-state index in [-0.39, 0.29) is 0 Å². The highest BCUT2D eigenvalue weighted by atomic mass is 15.3. The summed E-state index contributed by atoms with van der Waals surface area (Å²) in [6.07, 6.45) is 4.96. The van der Waals surface area contributed by atoms with Crippen molar-refractivity contribution in [1.82, 2.24) is 14.9 Å². The number of rotatable bonds is 5. The van der Waals surface area contributed by atoms with E-state index in [1.807, 2.05) is 0 Å². The molecule has 2 aliphatic rings. The number of hydrogen-bond acceptors (Lipinski definition) is 5. The summed E-state index contributed by atoms with van der Waals surface area (Å²) in [5.41, 5.74) is 2.21. The Morgan fingerprint density at radius 1 is 0.929 bits per heavy atom. The number of piperidine rings is 1. The number of anilines is 2. The summed E-state index contributed by atoms with van der Waals surface area (Å²) < 4.78 is 0. The molecular formula is C23H33N5. The molecule has 0 aliphatic carbocycles. The first-order chi connectivity index (χ1) is 13.8. The summed E-state index contributed by atoms with van der Waals surface area (Å²) in [4.78, 5) is 17.5. The van der Waals surface area contributed by atoms with Crippen molar-refractivity contribution < 1.29 is 0 Å². The van der Waals surface area contributed by atoms with Crippen LogP contribution in [0.5, 0.6) is 0 Å². The molecule has 0 saturated carbocycles. The van der Waals surface area contributed by atoms with Gasteiger partial charge in [-0.05, 0) is 32.2 Å². The topological polar surface area (TPSA) is 35.5 Å². The second-order valence-electron chi connectivity index (χ2n) is 7.95. The van der Waals surface area contributed by atoms with Crippen molar-refractivity contribution in [3.05, 3.63) is 36.4 Å². The van der Waals surface area contributed by atoms with Crippen molar-refractivity contribution in [2.45, 2.75) is 45.6 Å². The molecule has 150 valence electrons. The molecule has 1 aromatic heterocycles. The average Bonchev–Trinajstić information content (AvgIpc) is 2.79. The molecule has 0 amide bonds. The minimum Gasteiger partial charge on any atom is -0.354 e. The predicted molar refractivity (Wildman–Crippen MR) is 117 cm³/mol. The third kappa shape index (κ3) is 4.14. The predicted octanol–water partition coefficient (Wildman–Crippen LogP) is 4.05. The molecule has 5 nitrogen and oxygen atoms in total. The van der Waals surface area contributed by atoms with Crippen molar-refractivity contribution in [1.29, 1.82) is 0 Å². The van der Waals surface area contributed by atoms with Gasteiger partial charge in [0.05, 0.1) is 5.69 Å². The van der Waals surface area contributed by atoms with Crippen LogP contribution in [0, 0.1) is 0 Å². The molecule has 1 aromatic carbocycles. The van der Waals surface area contributed by atoms with Crippen molar-refractivity contribution >= 4 is 11.8 Å². The summed E-state index contributed by atoms with van der Waals surface area (Å²) in [6.45, 7) is 11.0. The van der Waals surface area contributed by atoms with Gasteiger partial charge in [0.15, 0.2) is 0 Å². The fraction of sp³-hybridized carbons (Fsp3) is 0.565. The van der Waals surface area contributed by atoms with Gasteiger partial charge in [0.25, 0.3) is 0 Å². The number of hydrogen-bond donors (Lipinski definition) is 0. The SMILES string of the molecule is CCC1CCCCN1c1nc(-c2ccccc2)cc(N2CCN(CC)CC2)n1. The molecule has 0 N–H and O–H groups in total. The van der Waals surface area contributed by atoms with Crippen molar-refractivity contribution in [3.8, 4) is 11.3 Å². The summed E-state index contributed by atoms with van der Waals surface area (Å²) in [6, 6.07) is 13.3. The van der Waals surface area contributed by atoms with E-state index in [4.69, 9.17) is 9.97 Å². The highest BCUT2D eigenvalue weighted by Gasteiger charge is 2.25. The van der Waals surface area contributed by atoms with Gasteiger partial charge in [-0.15, -0.1) is 0 Å². The van der Waals surface area contributed by atoms with Crippen LogP contribution in [0.15, 0.2) is 36.4 Å². The third-order valence-corrected chi connectivity index (χ3v) is 6.27. The molecule has 2 saturated heterocycles. The molecule has 2 fully saturated rings. The fourth-order valence-corrected chi connectivity index (χ4v) is 4.45. The maximum atomic E-state index is 5.08. The van der Waals surface area contributed by atoms with E-state index in [1.54, 1.807) is 0 Å². The lowest BCUT2D eigenvalue weighted by Gasteiger charge is -2.37. The number of benzene rings is 1. The Hall–Kier alpha value is -2.14. The third-order valence-electron chi connectivity index (χ3n) is 6.27. The molecule has 1 atom stereocenters. The first kappa shape index (κ1) is 19.2. The van der Waals surface area contributed by atoms with Gasteiger partial charge in [-0.3, -0.25) is 0 Å². The van der Waals surface area contributed by atoms with Gasteiger partial charge in [-0.2, -0.15) is 4.98 Å². The van der Waals surface area contributed by atoms with Gasteiger partial charge in [0, 0.05) is 50.4 Å². The number of nitrogens with zero attached hydrogens (tertiary/aromatic N) is 5. The van der Waals surface area contributed by atoms with E-state index in [9.17, 15) is 0 Å².